The monoisotopic (exact) mass is 2000 g/mol. The van der Waals surface area contributed by atoms with Gasteiger partial charge < -0.3 is 0 Å². The first kappa shape index (κ1) is 91.0. The van der Waals surface area contributed by atoms with E-state index < -0.39 is 0 Å². The highest BCUT2D eigenvalue weighted by Crippen LogP contribution is 2.70. The predicted molar refractivity (Wildman–Crippen MR) is 512 cm³/mol. The van der Waals surface area contributed by atoms with E-state index in [0.29, 0.717) is 41.2 Å². The van der Waals surface area contributed by atoms with Crippen molar-refractivity contribution in [3.8, 4) is 0 Å². The van der Waals surface area contributed by atoms with Crippen molar-refractivity contribution in [2.75, 3.05) is 0 Å². The van der Waals surface area contributed by atoms with Gasteiger partial charge >= 0.3 is 0 Å². The first-order valence-electron chi connectivity index (χ1n) is 40.0. The SMILES string of the molecule is Clc1cc(C2C(c3ccccc3)C(c3cc(Cl)nc(Cl)n3)C2c2ccccc2)nc(Cl)n1.Clc1cc(C2C(c3ccccc3)C(c3cc(Cl)nc(Cl)n3)C2c2ccccc2)nc(Cl)n1.Clc1cc(C2C(c3ccccc3)C(c3cc(Cl)nc(Cl)n3)C2c2ccccc2)nc(Cl)n1.Clc1cc(C2C(c3ccccc3)C(c3cc(Cl)nc(Cl)n3)C2c2ccccc2)nc(Cl)n1. The summed E-state index contributed by atoms with van der Waals surface area (Å²) in [6.07, 6.45) is 0. The fraction of sp³-hybridized carbons (Fsp3) is 0.167. The molecule has 4 saturated carbocycles. The molecule has 16 nitrogen and oxygen atoms in total. The van der Waals surface area contributed by atoms with Gasteiger partial charge in [0.15, 0.2) is 0 Å². The highest BCUT2D eigenvalue weighted by Gasteiger charge is 2.59. The average Bonchev–Trinajstić information content (AvgIpc) is 0.728. The van der Waals surface area contributed by atoms with Crippen LogP contribution in [0.15, 0.2) is 291 Å². The molecule has 16 aromatic rings. The van der Waals surface area contributed by atoms with Gasteiger partial charge in [-0.3, -0.25) is 0 Å². The second-order valence-corrected chi connectivity index (χ2v) is 36.6. The van der Waals surface area contributed by atoms with Gasteiger partial charge in [0.05, 0.1) is 45.6 Å². The first-order chi connectivity index (χ1) is 62.0. The minimum absolute atomic E-state index is 0.00434. The van der Waals surface area contributed by atoms with Crippen molar-refractivity contribution in [3.63, 3.8) is 0 Å². The molecule has 0 radical (unpaired) electrons. The fourth-order valence-electron chi connectivity index (χ4n) is 19.3. The molecule has 0 amide bonds. The molecule has 0 bridgehead atoms. The molecule has 8 heterocycles. The van der Waals surface area contributed by atoms with E-state index in [4.69, 9.17) is 186 Å². The van der Waals surface area contributed by atoms with Crippen molar-refractivity contribution in [2.45, 2.75) is 94.7 Å². The Hall–Kier alpha value is -8.96. The molecule has 640 valence electrons. The van der Waals surface area contributed by atoms with Gasteiger partial charge in [-0.25, -0.2) is 79.7 Å². The Kier molecular flexibility index (Phi) is 29.0. The Morgan fingerprint density at radius 2 is 0.211 bits per heavy atom. The summed E-state index contributed by atoms with van der Waals surface area (Å²) in [5.41, 5.74) is 15.6. The maximum Gasteiger partial charge on any atom is 0.224 e. The summed E-state index contributed by atoms with van der Waals surface area (Å²) in [6.45, 7) is 0. The Labute approximate surface area is 816 Å². The molecule has 4 aliphatic carbocycles. The maximum absolute atomic E-state index is 6.27. The summed E-state index contributed by atoms with van der Waals surface area (Å²) in [5.74, 6) is 0.339. The molecule has 4 aliphatic rings. The van der Waals surface area contributed by atoms with Gasteiger partial charge in [0.25, 0.3) is 0 Å². The van der Waals surface area contributed by atoms with E-state index in [1.807, 2.05) is 146 Å². The van der Waals surface area contributed by atoms with E-state index in [1.165, 1.54) is 0 Å². The molecule has 0 saturated heterocycles. The zero-order valence-corrected chi connectivity index (χ0v) is 78.2. The van der Waals surface area contributed by atoms with Crippen LogP contribution in [-0.2, 0) is 0 Å². The van der Waals surface area contributed by atoms with Crippen LogP contribution in [0, 0.1) is 0 Å². The van der Waals surface area contributed by atoms with Crippen molar-refractivity contribution >= 4 is 186 Å². The maximum atomic E-state index is 6.27. The quantitative estimate of drug-likeness (QED) is 0.0651. The summed E-state index contributed by atoms with van der Waals surface area (Å²) in [7, 11) is 0. The van der Waals surface area contributed by atoms with Crippen molar-refractivity contribution in [3.05, 3.63) is 465 Å². The summed E-state index contributed by atoms with van der Waals surface area (Å²) < 4.78 is 0. The molecule has 0 aliphatic heterocycles. The van der Waals surface area contributed by atoms with Crippen molar-refractivity contribution in [2.24, 2.45) is 0 Å². The molecular weight excluding hydrogens is 1940 g/mol. The van der Waals surface area contributed by atoms with Crippen molar-refractivity contribution in [1.82, 2.24) is 79.7 Å². The van der Waals surface area contributed by atoms with E-state index in [1.54, 1.807) is 48.5 Å². The van der Waals surface area contributed by atoms with Crippen LogP contribution in [0.4, 0.5) is 0 Å². The second-order valence-electron chi connectivity index (χ2n) is 30.8. The number of halogens is 16. The van der Waals surface area contributed by atoms with Crippen LogP contribution < -0.4 is 0 Å². The van der Waals surface area contributed by atoms with E-state index in [-0.39, 0.29) is 137 Å². The van der Waals surface area contributed by atoms with Gasteiger partial charge in [-0.1, -0.05) is 335 Å². The normalized spacial score (nSPS) is 22.4. The van der Waals surface area contributed by atoms with Crippen LogP contribution in [0.5, 0.6) is 0 Å². The first-order valence-corrected chi connectivity index (χ1v) is 46.1. The summed E-state index contributed by atoms with van der Waals surface area (Å²) in [6, 6.07) is 96.5. The van der Waals surface area contributed by atoms with Crippen molar-refractivity contribution in [1.29, 1.82) is 0 Å². The molecule has 0 unspecified atom stereocenters. The highest BCUT2D eigenvalue weighted by atomic mass is 35.5. The average molecular weight is 2010 g/mol. The largest absolute Gasteiger partial charge is 0.224 e. The topological polar surface area (TPSA) is 206 Å². The number of hydrogen-bond donors (Lipinski definition) is 0. The fourth-order valence-corrected chi connectivity index (χ4v) is 22.7. The molecule has 8 aromatic carbocycles. The molecule has 128 heavy (non-hydrogen) atoms. The van der Waals surface area contributed by atoms with Crippen molar-refractivity contribution < 1.29 is 0 Å². The molecule has 32 heteroatoms. The third-order valence-electron chi connectivity index (χ3n) is 23.9. The lowest BCUT2D eigenvalue weighted by Gasteiger charge is -2.52. The molecule has 0 N–H and O–H groups in total. The van der Waals surface area contributed by atoms with Gasteiger partial charge in [-0.15, -0.1) is 0 Å². The molecule has 20 rings (SSSR count). The second kappa shape index (κ2) is 40.8. The molecular formula is C96H64Cl16N16. The minimum Gasteiger partial charge on any atom is -0.223 e. The standard InChI is InChI=1S/4C24H16Cl4N4/c4*25-17-11-15(29-23(27)31-17)21-19(13-7-3-1-4-8-13)22(16-12-18(26)32-24(28)30-16)20(21)14-9-5-2-6-10-14/h4*1-12,19-22H. The lowest BCUT2D eigenvalue weighted by molar-refractivity contribution is 0.220. The zero-order chi connectivity index (χ0) is 89.0. The molecule has 8 aromatic heterocycles. The predicted octanol–water partition coefficient (Wildman–Crippen LogP) is 29.3. The van der Waals surface area contributed by atoms with Crippen LogP contribution in [0.25, 0.3) is 0 Å². The van der Waals surface area contributed by atoms with E-state index in [0.717, 1.165) is 90.1 Å². The van der Waals surface area contributed by atoms with Gasteiger partial charge in [-0.2, -0.15) is 0 Å². The Morgan fingerprint density at radius 1 is 0.117 bits per heavy atom. The van der Waals surface area contributed by atoms with Crippen LogP contribution in [0.3, 0.4) is 0 Å². The third-order valence-corrected chi connectivity index (χ3v) is 26.8. The van der Waals surface area contributed by atoms with E-state index in [2.05, 4.69) is 177 Å². The van der Waals surface area contributed by atoms with Crippen LogP contribution in [0.1, 0.15) is 185 Å². The van der Waals surface area contributed by atoms with E-state index >= 15 is 0 Å². The Balaban J connectivity index is 0.000000120. The summed E-state index contributed by atoms with van der Waals surface area (Å²) in [5, 5.41) is 3.54. The number of nitrogens with zero attached hydrogens (tertiary/aromatic N) is 16. The Bertz CT molecular complexity index is 5220. The number of benzene rings is 8. The van der Waals surface area contributed by atoms with Gasteiger partial charge in [0.1, 0.15) is 41.2 Å². The summed E-state index contributed by atoms with van der Waals surface area (Å²) >= 11 is 99.7. The summed E-state index contributed by atoms with van der Waals surface area (Å²) in [4.78, 5) is 68.7. The smallest absolute Gasteiger partial charge is 0.223 e. The number of aromatic nitrogens is 16. The van der Waals surface area contributed by atoms with Crippen LogP contribution in [-0.4, -0.2) is 79.7 Å². The number of hydrogen-bond acceptors (Lipinski definition) is 16. The lowest BCUT2D eigenvalue weighted by Crippen LogP contribution is -2.41. The number of rotatable bonds is 16. The zero-order valence-electron chi connectivity index (χ0n) is 66.2. The minimum atomic E-state index is -0.00434. The molecule has 0 atom stereocenters. The van der Waals surface area contributed by atoms with Gasteiger partial charge in [-0.05, 0) is 186 Å². The highest BCUT2D eigenvalue weighted by molar-refractivity contribution is 6.35. The molecule has 0 spiro atoms. The lowest BCUT2D eigenvalue weighted by atomic mass is 9.50. The Morgan fingerprint density at radius 3 is 0.297 bits per heavy atom. The van der Waals surface area contributed by atoms with Crippen LogP contribution >= 0.6 is 186 Å². The van der Waals surface area contributed by atoms with Gasteiger partial charge in [0, 0.05) is 94.7 Å². The molecule has 4 fully saturated rings. The van der Waals surface area contributed by atoms with E-state index in [9.17, 15) is 0 Å². The van der Waals surface area contributed by atoms with Crippen LogP contribution in [0.2, 0.25) is 83.5 Å². The third kappa shape index (κ3) is 20.2. The van der Waals surface area contributed by atoms with Gasteiger partial charge in [0.2, 0.25) is 42.3 Å².